The Balaban J connectivity index is 1.46. The molecular weight excluding hydrogens is 326 g/mol. The molecule has 0 N–H and O–H groups in total. The van der Waals surface area contributed by atoms with Crippen molar-refractivity contribution < 1.29 is 9.21 Å². The van der Waals surface area contributed by atoms with E-state index in [9.17, 15) is 4.79 Å². The largest absolute Gasteiger partial charge is 0.468 e. The first-order valence-corrected chi connectivity index (χ1v) is 9.57. The van der Waals surface area contributed by atoms with Crippen LogP contribution in [0.3, 0.4) is 0 Å². The molecule has 2 aromatic rings. The number of amides is 1. The lowest BCUT2D eigenvalue weighted by molar-refractivity contribution is 0.0761. The van der Waals surface area contributed by atoms with Crippen LogP contribution in [0.15, 0.2) is 41.0 Å². The summed E-state index contributed by atoms with van der Waals surface area (Å²) >= 11 is 0. The number of hydrogen-bond donors (Lipinski definition) is 0. The Labute approximate surface area is 155 Å². The van der Waals surface area contributed by atoms with Gasteiger partial charge in [-0.2, -0.15) is 0 Å². The Morgan fingerprint density at radius 2 is 2.15 bits per heavy atom. The van der Waals surface area contributed by atoms with Gasteiger partial charge in [0.25, 0.3) is 5.91 Å². The summed E-state index contributed by atoms with van der Waals surface area (Å²) in [6.07, 6.45) is 5.39. The normalized spacial score (nSPS) is 25.5. The molecule has 1 aliphatic carbocycles. The van der Waals surface area contributed by atoms with Gasteiger partial charge in [-0.15, -0.1) is 0 Å². The Hall–Kier alpha value is -2.14. The third-order valence-electron chi connectivity index (χ3n) is 6.01. The van der Waals surface area contributed by atoms with E-state index in [2.05, 4.69) is 16.9 Å². The van der Waals surface area contributed by atoms with Crippen LogP contribution in [-0.2, 0) is 6.54 Å². The first-order valence-electron chi connectivity index (χ1n) is 9.57. The molecular formula is C21H27N3O2. The van der Waals surface area contributed by atoms with E-state index >= 15 is 0 Å². The van der Waals surface area contributed by atoms with Gasteiger partial charge in [-0.25, -0.2) is 4.98 Å². The molecule has 0 unspecified atom stereocenters. The molecule has 2 fully saturated rings. The molecule has 0 bridgehead atoms. The van der Waals surface area contributed by atoms with Crippen molar-refractivity contribution in [3.8, 4) is 0 Å². The fourth-order valence-corrected chi connectivity index (χ4v) is 4.74. The third kappa shape index (κ3) is 3.40. The summed E-state index contributed by atoms with van der Waals surface area (Å²) in [5.41, 5.74) is 1.47. The number of nitrogens with zero attached hydrogens (tertiary/aromatic N) is 3. The van der Waals surface area contributed by atoms with Gasteiger partial charge in [-0.3, -0.25) is 9.69 Å². The van der Waals surface area contributed by atoms with Crippen LogP contribution < -0.4 is 0 Å². The summed E-state index contributed by atoms with van der Waals surface area (Å²) in [5.74, 6) is 2.22. The highest BCUT2D eigenvalue weighted by Gasteiger charge is 2.43. The number of furan rings is 1. The van der Waals surface area contributed by atoms with E-state index in [-0.39, 0.29) is 5.91 Å². The quantitative estimate of drug-likeness (QED) is 0.846. The molecule has 0 aromatic carbocycles. The fraction of sp³-hybridized carbons (Fsp3) is 0.524. The number of rotatable bonds is 4. The third-order valence-corrected chi connectivity index (χ3v) is 6.01. The molecule has 5 heteroatoms. The molecule has 138 valence electrons. The zero-order valence-electron chi connectivity index (χ0n) is 15.6. The van der Waals surface area contributed by atoms with Gasteiger partial charge in [0.05, 0.1) is 12.8 Å². The Kier molecular flexibility index (Phi) is 4.81. The van der Waals surface area contributed by atoms with Crippen LogP contribution in [0.2, 0.25) is 0 Å². The number of likely N-dealkylation sites (tertiary alicyclic amines) is 1. The van der Waals surface area contributed by atoms with Gasteiger partial charge in [0.2, 0.25) is 0 Å². The molecule has 4 rings (SSSR count). The van der Waals surface area contributed by atoms with Gasteiger partial charge in [0.1, 0.15) is 11.5 Å². The molecule has 26 heavy (non-hydrogen) atoms. The Morgan fingerprint density at radius 3 is 2.92 bits per heavy atom. The topological polar surface area (TPSA) is 49.6 Å². The summed E-state index contributed by atoms with van der Waals surface area (Å²) in [6, 6.07) is 10.2. The van der Waals surface area contributed by atoms with Crippen molar-refractivity contribution in [3.63, 3.8) is 0 Å². The second kappa shape index (κ2) is 7.23. The summed E-state index contributed by atoms with van der Waals surface area (Å²) in [7, 11) is 2.18. The summed E-state index contributed by atoms with van der Waals surface area (Å²) in [6.45, 7) is 4.46. The van der Waals surface area contributed by atoms with E-state index in [4.69, 9.17) is 4.42 Å². The molecule has 3 atom stereocenters. The molecule has 0 radical (unpaired) electrons. The highest BCUT2D eigenvalue weighted by Crippen LogP contribution is 2.39. The van der Waals surface area contributed by atoms with Gasteiger partial charge in [0, 0.05) is 24.8 Å². The summed E-state index contributed by atoms with van der Waals surface area (Å²) < 4.78 is 5.52. The minimum Gasteiger partial charge on any atom is -0.468 e. The summed E-state index contributed by atoms with van der Waals surface area (Å²) in [5, 5.41) is 0. The molecule has 1 saturated heterocycles. The lowest BCUT2D eigenvalue weighted by Crippen LogP contribution is -2.43. The van der Waals surface area contributed by atoms with Gasteiger partial charge in [0.15, 0.2) is 0 Å². The number of carbonyl (C=O) groups is 1. The van der Waals surface area contributed by atoms with Crippen LogP contribution in [0.4, 0.5) is 0 Å². The smallest absolute Gasteiger partial charge is 0.272 e. The van der Waals surface area contributed by atoms with Crippen LogP contribution in [0, 0.1) is 18.8 Å². The molecule has 1 amide bonds. The molecule has 2 aromatic heterocycles. The van der Waals surface area contributed by atoms with Crippen LogP contribution in [0.5, 0.6) is 0 Å². The average Bonchev–Trinajstić information content (AvgIpc) is 3.29. The molecule has 0 spiro atoms. The predicted octanol–water partition coefficient (Wildman–Crippen LogP) is 3.36. The van der Waals surface area contributed by atoms with Crippen molar-refractivity contribution in [2.45, 2.75) is 38.8 Å². The number of aromatic nitrogens is 1. The zero-order chi connectivity index (χ0) is 18.1. The summed E-state index contributed by atoms with van der Waals surface area (Å²) in [4.78, 5) is 21.8. The van der Waals surface area contributed by atoms with Gasteiger partial charge < -0.3 is 9.32 Å². The van der Waals surface area contributed by atoms with E-state index in [0.717, 1.165) is 31.1 Å². The standard InChI is InChI=1S/C21H27N3O2/c1-15-6-3-9-19(22-15)21(25)24-12-16-7-4-10-20(18(16)14-24)23(2)13-17-8-5-11-26-17/h3,5-6,8-9,11,16,18,20H,4,7,10,12-14H2,1-2H3/t16-,18-,20-/m0/s1. The van der Waals surface area contributed by atoms with E-state index in [1.165, 1.54) is 19.3 Å². The zero-order valence-corrected chi connectivity index (χ0v) is 15.6. The number of fused-ring (bicyclic) bond motifs is 1. The number of carbonyl (C=O) groups excluding carboxylic acids is 1. The first-order chi connectivity index (χ1) is 12.6. The van der Waals surface area contributed by atoms with E-state index in [1.54, 1.807) is 6.26 Å². The second-order valence-corrected chi connectivity index (χ2v) is 7.79. The monoisotopic (exact) mass is 353 g/mol. The predicted molar refractivity (Wildman–Crippen MR) is 99.7 cm³/mol. The highest BCUT2D eigenvalue weighted by molar-refractivity contribution is 5.92. The lowest BCUT2D eigenvalue weighted by Gasteiger charge is -2.38. The van der Waals surface area contributed by atoms with Crippen molar-refractivity contribution in [2.24, 2.45) is 11.8 Å². The first kappa shape index (κ1) is 17.3. The second-order valence-electron chi connectivity index (χ2n) is 7.79. The minimum absolute atomic E-state index is 0.0792. The van der Waals surface area contributed by atoms with Gasteiger partial charge >= 0.3 is 0 Å². The highest BCUT2D eigenvalue weighted by atomic mass is 16.3. The van der Waals surface area contributed by atoms with Crippen molar-refractivity contribution in [3.05, 3.63) is 53.7 Å². The average molecular weight is 353 g/mol. The molecule has 1 saturated carbocycles. The van der Waals surface area contributed by atoms with Crippen LogP contribution in [0.1, 0.15) is 41.2 Å². The van der Waals surface area contributed by atoms with Crippen LogP contribution in [-0.4, -0.2) is 46.9 Å². The lowest BCUT2D eigenvalue weighted by atomic mass is 9.77. The van der Waals surface area contributed by atoms with Crippen molar-refractivity contribution in [1.82, 2.24) is 14.8 Å². The van der Waals surface area contributed by atoms with Crippen molar-refractivity contribution in [2.75, 3.05) is 20.1 Å². The van der Waals surface area contributed by atoms with Gasteiger partial charge in [-0.05, 0) is 62.9 Å². The maximum Gasteiger partial charge on any atom is 0.272 e. The van der Waals surface area contributed by atoms with Crippen molar-refractivity contribution in [1.29, 1.82) is 0 Å². The molecule has 5 nitrogen and oxygen atoms in total. The number of hydrogen-bond acceptors (Lipinski definition) is 4. The van der Waals surface area contributed by atoms with E-state index < -0.39 is 0 Å². The number of pyridine rings is 1. The molecule has 1 aliphatic heterocycles. The van der Waals surface area contributed by atoms with Gasteiger partial charge in [-0.1, -0.05) is 12.5 Å². The SMILES string of the molecule is Cc1cccc(C(=O)N2C[C@@H]3CCC[C@H](N(C)Cc4ccco4)[C@H]3C2)n1. The maximum absolute atomic E-state index is 12.9. The van der Waals surface area contributed by atoms with E-state index in [1.807, 2.05) is 42.2 Å². The molecule has 3 heterocycles. The van der Waals surface area contributed by atoms with Crippen molar-refractivity contribution >= 4 is 5.91 Å². The minimum atomic E-state index is 0.0792. The van der Waals surface area contributed by atoms with Crippen LogP contribution in [0.25, 0.3) is 0 Å². The fourth-order valence-electron chi connectivity index (χ4n) is 4.74. The Bertz CT molecular complexity index is 758. The van der Waals surface area contributed by atoms with Crippen LogP contribution >= 0.6 is 0 Å². The molecule has 2 aliphatic rings. The van der Waals surface area contributed by atoms with E-state index in [0.29, 0.717) is 23.6 Å². The number of aryl methyl sites for hydroxylation is 1. The maximum atomic E-state index is 12.9. The Morgan fingerprint density at radius 1 is 1.27 bits per heavy atom.